The molecule has 0 aliphatic carbocycles. The zero-order valence-corrected chi connectivity index (χ0v) is 16.3. The lowest BCUT2D eigenvalue weighted by atomic mass is 9.96. The molecule has 0 spiro atoms. The summed E-state index contributed by atoms with van der Waals surface area (Å²) in [6.07, 6.45) is 3.12. The van der Waals surface area contributed by atoms with E-state index in [0.717, 1.165) is 54.5 Å². The Morgan fingerprint density at radius 2 is 2.12 bits per heavy atom. The van der Waals surface area contributed by atoms with E-state index >= 15 is 0 Å². The van der Waals surface area contributed by atoms with Crippen molar-refractivity contribution in [3.8, 4) is 5.75 Å². The Kier molecular flexibility index (Phi) is 6.27. The van der Waals surface area contributed by atoms with Crippen LogP contribution in [0.25, 0.3) is 0 Å². The summed E-state index contributed by atoms with van der Waals surface area (Å²) >= 11 is 1.57. The number of aliphatic hydroxyl groups is 1. The molecule has 0 amide bonds. The largest absolute Gasteiger partial charge is 0.490 e. The van der Waals surface area contributed by atoms with Crippen molar-refractivity contribution in [2.24, 2.45) is 0 Å². The molecule has 1 fully saturated rings. The maximum absolute atomic E-state index is 13.6. The Balaban J connectivity index is 1.64. The van der Waals surface area contributed by atoms with Crippen LogP contribution in [0.3, 0.4) is 0 Å². The summed E-state index contributed by atoms with van der Waals surface area (Å²) in [7, 11) is 0. The van der Waals surface area contributed by atoms with E-state index in [1.165, 1.54) is 6.07 Å². The van der Waals surface area contributed by atoms with E-state index in [0.29, 0.717) is 13.0 Å². The molecule has 1 N–H and O–H groups in total. The third-order valence-electron chi connectivity index (χ3n) is 5.07. The zero-order valence-electron chi connectivity index (χ0n) is 15.5. The molecular weight excluding hydrogens is 351 g/mol. The van der Waals surface area contributed by atoms with Gasteiger partial charge in [-0.2, -0.15) is 0 Å². The van der Waals surface area contributed by atoms with Crippen LogP contribution in [-0.2, 0) is 12.0 Å². The first-order valence-electron chi connectivity index (χ1n) is 9.30. The number of benzene rings is 1. The van der Waals surface area contributed by atoms with Crippen molar-refractivity contribution in [2.75, 3.05) is 26.2 Å². The second-order valence-corrected chi connectivity index (χ2v) is 7.96. The molecule has 0 bridgehead atoms. The molecule has 142 valence electrons. The van der Waals surface area contributed by atoms with E-state index in [2.05, 4.69) is 16.8 Å². The molecule has 26 heavy (non-hydrogen) atoms. The van der Waals surface area contributed by atoms with Gasteiger partial charge in [0.15, 0.2) is 11.6 Å². The highest BCUT2D eigenvalue weighted by atomic mass is 32.1. The number of aryl methyl sites for hydroxylation is 1. The summed E-state index contributed by atoms with van der Waals surface area (Å²) in [5, 5.41) is 12.0. The molecule has 0 radical (unpaired) electrons. The molecule has 1 aliphatic heterocycles. The van der Waals surface area contributed by atoms with E-state index < -0.39 is 5.60 Å². The zero-order chi connectivity index (χ0) is 18.6. The van der Waals surface area contributed by atoms with Crippen LogP contribution in [0.1, 0.15) is 41.8 Å². The average Bonchev–Trinajstić information content (AvgIpc) is 2.89. The van der Waals surface area contributed by atoms with Crippen LogP contribution in [0.15, 0.2) is 24.3 Å². The molecule has 2 aromatic rings. The van der Waals surface area contributed by atoms with Crippen LogP contribution in [-0.4, -0.2) is 41.2 Å². The van der Waals surface area contributed by atoms with Crippen LogP contribution in [0.5, 0.6) is 5.75 Å². The number of likely N-dealkylation sites (tertiary alicyclic amines) is 1. The van der Waals surface area contributed by atoms with Gasteiger partial charge < -0.3 is 14.7 Å². The van der Waals surface area contributed by atoms with Crippen LogP contribution in [0.2, 0.25) is 0 Å². The quantitative estimate of drug-likeness (QED) is 0.828. The smallest absolute Gasteiger partial charge is 0.165 e. The van der Waals surface area contributed by atoms with Gasteiger partial charge in [0, 0.05) is 17.8 Å². The SMILES string of the molecule is CCN1CCCC(O)(c2nc(C)c(CCOc3ccccc3F)s2)CC1. The molecular formula is C20H27FN2O2S. The number of nitrogens with zero attached hydrogens (tertiary/aromatic N) is 2. The van der Waals surface area contributed by atoms with Crippen molar-refractivity contribution in [1.82, 2.24) is 9.88 Å². The van der Waals surface area contributed by atoms with Gasteiger partial charge in [-0.1, -0.05) is 19.1 Å². The molecule has 1 atom stereocenters. The number of halogens is 1. The first-order valence-corrected chi connectivity index (χ1v) is 10.1. The Bertz CT molecular complexity index is 736. The lowest BCUT2D eigenvalue weighted by molar-refractivity contribution is 0.0210. The van der Waals surface area contributed by atoms with E-state index in [1.807, 2.05) is 6.92 Å². The molecule has 3 rings (SSSR count). The second kappa shape index (κ2) is 8.46. The summed E-state index contributed by atoms with van der Waals surface area (Å²) in [5.74, 6) is -0.0700. The molecule has 0 saturated carbocycles. The summed E-state index contributed by atoms with van der Waals surface area (Å²) in [5.41, 5.74) is 0.108. The molecule has 1 saturated heterocycles. The average molecular weight is 379 g/mol. The Morgan fingerprint density at radius 1 is 1.31 bits per heavy atom. The number of para-hydroxylation sites is 1. The fraction of sp³-hybridized carbons (Fsp3) is 0.550. The van der Waals surface area contributed by atoms with Gasteiger partial charge in [-0.25, -0.2) is 9.37 Å². The number of rotatable bonds is 6. The maximum atomic E-state index is 13.6. The normalized spacial score (nSPS) is 21.5. The van der Waals surface area contributed by atoms with Gasteiger partial charge >= 0.3 is 0 Å². The standard InChI is InChI=1S/C20H27FN2O2S/c1-3-23-12-6-10-20(24,11-13-23)19-22-15(2)18(26-19)9-14-25-17-8-5-4-7-16(17)21/h4-5,7-8,24H,3,6,9-14H2,1-2H3. The maximum Gasteiger partial charge on any atom is 0.165 e. The van der Waals surface area contributed by atoms with E-state index in [-0.39, 0.29) is 11.6 Å². The van der Waals surface area contributed by atoms with Crippen LogP contribution < -0.4 is 4.74 Å². The molecule has 1 aromatic heterocycles. The molecule has 4 nitrogen and oxygen atoms in total. The van der Waals surface area contributed by atoms with Crippen molar-refractivity contribution >= 4 is 11.3 Å². The number of thiazole rings is 1. The van der Waals surface area contributed by atoms with Gasteiger partial charge in [0.25, 0.3) is 0 Å². The van der Waals surface area contributed by atoms with E-state index in [4.69, 9.17) is 4.74 Å². The first-order chi connectivity index (χ1) is 12.5. The molecule has 1 unspecified atom stereocenters. The van der Waals surface area contributed by atoms with Gasteiger partial charge in [-0.3, -0.25) is 0 Å². The molecule has 2 heterocycles. The monoisotopic (exact) mass is 378 g/mol. The van der Waals surface area contributed by atoms with Crippen LogP contribution in [0.4, 0.5) is 4.39 Å². The van der Waals surface area contributed by atoms with Gasteiger partial charge in [-0.05, 0) is 51.4 Å². The molecule has 1 aromatic carbocycles. The van der Waals surface area contributed by atoms with Crippen molar-refractivity contribution in [1.29, 1.82) is 0 Å². The van der Waals surface area contributed by atoms with Gasteiger partial charge in [0.1, 0.15) is 10.6 Å². The van der Waals surface area contributed by atoms with Crippen LogP contribution in [0, 0.1) is 12.7 Å². The number of hydrogen-bond acceptors (Lipinski definition) is 5. The third kappa shape index (κ3) is 4.42. The number of aromatic nitrogens is 1. The number of ether oxygens (including phenoxy) is 1. The lowest BCUT2D eigenvalue weighted by Crippen LogP contribution is -2.29. The highest BCUT2D eigenvalue weighted by Crippen LogP contribution is 2.36. The van der Waals surface area contributed by atoms with Crippen molar-refractivity contribution in [3.05, 3.63) is 45.7 Å². The minimum absolute atomic E-state index is 0.275. The van der Waals surface area contributed by atoms with Gasteiger partial charge in [0.2, 0.25) is 0 Å². The number of hydrogen-bond donors (Lipinski definition) is 1. The summed E-state index contributed by atoms with van der Waals surface area (Å²) in [4.78, 5) is 8.14. The Hall–Kier alpha value is -1.50. The predicted octanol–water partition coefficient (Wildman–Crippen LogP) is 3.91. The van der Waals surface area contributed by atoms with Crippen molar-refractivity contribution < 1.29 is 14.2 Å². The fourth-order valence-corrected chi connectivity index (χ4v) is 4.57. The minimum atomic E-state index is -0.829. The third-order valence-corrected chi connectivity index (χ3v) is 6.48. The highest BCUT2D eigenvalue weighted by molar-refractivity contribution is 7.11. The Morgan fingerprint density at radius 3 is 2.88 bits per heavy atom. The highest BCUT2D eigenvalue weighted by Gasteiger charge is 2.35. The summed E-state index contributed by atoms with van der Waals surface area (Å²) < 4.78 is 19.2. The van der Waals surface area contributed by atoms with Gasteiger partial charge in [0.05, 0.1) is 12.3 Å². The summed E-state index contributed by atoms with van der Waals surface area (Å²) in [6, 6.07) is 6.44. The first kappa shape index (κ1) is 19.3. The van der Waals surface area contributed by atoms with Gasteiger partial charge in [-0.15, -0.1) is 11.3 Å². The minimum Gasteiger partial charge on any atom is -0.490 e. The molecule has 6 heteroatoms. The summed E-state index contributed by atoms with van der Waals surface area (Å²) in [6.45, 7) is 7.48. The van der Waals surface area contributed by atoms with Crippen molar-refractivity contribution in [3.63, 3.8) is 0 Å². The fourth-order valence-electron chi connectivity index (χ4n) is 3.38. The predicted molar refractivity (Wildman–Crippen MR) is 102 cm³/mol. The topological polar surface area (TPSA) is 45.6 Å². The molecule has 1 aliphatic rings. The van der Waals surface area contributed by atoms with E-state index in [1.54, 1.807) is 29.5 Å². The van der Waals surface area contributed by atoms with Crippen LogP contribution >= 0.6 is 11.3 Å². The lowest BCUT2D eigenvalue weighted by Gasteiger charge is -2.24. The van der Waals surface area contributed by atoms with Crippen molar-refractivity contribution in [2.45, 2.75) is 45.1 Å². The van der Waals surface area contributed by atoms with E-state index in [9.17, 15) is 9.50 Å². The Labute approximate surface area is 158 Å². The second-order valence-electron chi connectivity index (χ2n) is 6.88.